The molecule has 13 heavy (non-hydrogen) atoms. The second-order valence-corrected chi connectivity index (χ2v) is 2.62. The van der Waals surface area contributed by atoms with Crippen LogP contribution in [0.3, 0.4) is 0 Å². The molecule has 0 fully saturated rings. The third-order valence-electron chi connectivity index (χ3n) is 1.14. The van der Waals surface area contributed by atoms with E-state index in [-0.39, 0.29) is 6.61 Å². The average Bonchev–Trinajstić information content (AvgIpc) is 2.00. The van der Waals surface area contributed by atoms with Crippen LogP contribution in [0.1, 0.15) is 0 Å². The lowest BCUT2D eigenvalue weighted by Crippen LogP contribution is -2.19. The summed E-state index contributed by atoms with van der Waals surface area (Å²) in [6, 6.07) is 0. The summed E-state index contributed by atoms with van der Waals surface area (Å²) in [6.45, 7) is 0.841. The van der Waals surface area contributed by atoms with E-state index in [0.29, 0.717) is 12.6 Å². The van der Waals surface area contributed by atoms with Gasteiger partial charge in [0.25, 0.3) is 0 Å². The van der Waals surface area contributed by atoms with E-state index in [0.717, 1.165) is 6.08 Å². The fourth-order valence-corrected chi connectivity index (χ4v) is 0.513. The predicted molar refractivity (Wildman–Crippen MR) is 44.3 cm³/mol. The normalized spacial score (nSPS) is 10.7. The fourth-order valence-electron chi connectivity index (χ4n) is 0.513. The highest BCUT2D eigenvalue weighted by atomic mass is 16.5. The van der Waals surface area contributed by atoms with Crippen LogP contribution in [0, 0.1) is 0 Å². The number of hydrogen-bond donors (Lipinski definition) is 0. The highest BCUT2D eigenvalue weighted by Gasteiger charge is 1.99. The maximum Gasteiger partial charge on any atom is 0.379 e. The number of likely N-dealkylation sites (N-methyl/N-ethyl adjacent to an activating group) is 1. The lowest BCUT2D eigenvalue weighted by Gasteiger charge is -2.08. The molecule has 0 aromatic rings. The first-order valence-corrected chi connectivity index (χ1v) is 3.73. The number of esters is 1. The van der Waals surface area contributed by atoms with Crippen molar-refractivity contribution >= 4 is 11.9 Å². The number of rotatable bonds is 5. The van der Waals surface area contributed by atoms with Crippen molar-refractivity contribution in [2.75, 3.05) is 27.2 Å². The molecule has 0 aliphatic carbocycles. The van der Waals surface area contributed by atoms with Crippen LogP contribution in [0.25, 0.3) is 0 Å². The molecular weight excluding hydrogens is 174 g/mol. The van der Waals surface area contributed by atoms with Crippen molar-refractivity contribution in [3.05, 3.63) is 12.2 Å². The van der Waals surface area contributed by atoms with Gasteiger partial charge in [-0.25, -0.2) is 14.7 Å². The van der Waals surface area contributed by atoms with E-state index in [1.165, 1.54) is 0 Å². The smallest absolute Gasteiger partial charge is 0.379 e. The van der Waals surface area contributed by atoms with Crippen molar-refractivity contribution in [3.63, 3.8) is 0 Å². The molecule has 0 aliphatic heterocycles. The van der Waals surface area contributed by atoms with E-state index in [9.17, 15) is 14.7 Å². The van der Waals surface area contributed by atoms with Gasteiger partial charge in [0.15, 0.2) is 0 Å². The maximum atomic E-state index is 10.7. The summed E-state index contributed by atoms with van der Waals surface area (Å²) in [5.41, 5.74) is 0. The van der Waals surface area contributed by atoms with E-state index in [1.54, 1.807) is 0 Å². The molecule has 0 aromatic heterocycles. The van der Waals surface area contributed by atoms with Gasteiger partial charge in [-0.3, -0.25) is 0 Å². The average molecular weight is 186 g/mol. The predicted octanol–water partition coefficient (Wildman–Crippen LogP) is -0.396. The SMILES string of the molecule is CN(C)CCOC(=O)/C=C/C([O])=O. The quantitative estimate of drug-likeness (QED) is 0.433. The Morgan fingerprint density at radius 2 is 1.92 bits per heavy atom. The Morgan fingerprint density at radius 1 is 1.31 bits per heavy atom. The summed E-state index contributed by atoms with van der Waals surface area (Å²) < 4.78 is 4.64. The van der Waals surface area contributed by atoms with Crippen LogP contribution in [-0.4, -0.2) is 44.1 Å². The Hall–Kier alpha value is -1.36. The van der Waals surface area contributed by atoms with Crippen LogP contribution >= 0.6 is 0 Å². The van der Waals surface area contributed by atoms with Gasteiger partial charge in [-0.15, -0.1) is 0 Å². The lowest BCUT2D eigenvalue weighted by atomic mass is 10.5. The van der Waals surface area contributed by atoms with E-state index in [4.69, 9.17) is 0 Å². The molecule has 0 rings (SSSR count). The van der Waals surface area contributed by atoms with Crippen LogP contribution in [0.15, 0.2) is 12.2 Å². The van der Waals surface area contributed by atoms with Gasteiger partial charge in [-0.05, 0) is 14.1 Å². The standard InChI is InChI=1S/C8H12NO4/c1-9(2)5-6-13-8(12)4-3-7(10)11/h3-4H,5-6H2,1-2H3/b4-3+. The van der Waals surface area contributed by atoms with Crippen LogP contribution in [-0.2, 0) is 19.4 Å². The number of ether oxygens (including phenoxy) is 1. The highest BCUT2D eigenvalue weighted by Crippen LogP contribution is 1.83. The number of hydrogen-bond acceptors (Lipinski definition) is 4. The summed E-state index contributed by atoms with van der Waals surface area (Å²) in [5.74, 6) is -2.09. The first-order chi connectivity index (χ1) is 6.02. The molecule has 1 radical (unpaired) electrons. The van der Waals surface area contributed by atoms with Gasteiger partial charge in [0.05, 0.1) is 0 Å². The Morgan fingerprint density at radius 3 is 2.38 bits per heavy atom. The molecule has 0 aromatic carbocycles. The van der Waals surface area contributed by atoms with Crippen molar-refractivity contribution in [2.45, 2.75) is 0 Å². The van der Waals surface area contributed by atoms with Gasteiger partial charge >= 0.3 is 11.9 Å². The Labute approximate surface area is 76.6 Å². The second kappa shape index (κ2) is 6.19. The molecule has 0 bridgehead atoms. The van der Waals surface area contributed by atoms with Crippen molar-refractivity contribution < 1.29 is 19.4 Å². The molecule has 0 spiro atoms. The summed E-state index contributed by atoms with van der Waals surface area (Å²) in [4.78, 5) is 22.4. The Kier molecular flexibility index (Phi) is 5.54. The van der Waals surface area contributed by atoms with Gasteiger partial charge < -0.3 is 9.64 Å². The molecule has 0 amide bonds. The molecule has 0 saturated carbocycles. The van der Waals surface area contributed by atoms with Crippen molar-refractivity contribution in [1.82, 2.24) is 4.90 Å². The molecule has 0 heterocycles. The monoisotopic (exact) mass is 186 g/mol. The Balaban J connectivity index is 3.58. The summed E-state index contributed by atoms with van der Waals surface area (Å²) >= 11 is 0. The second-order valence-electron chi connectivity index (χ2n) is 2.62. The highest BCUT2D eigenvalue weighted by molar-refractivity contribution is 5.90. The van der Waals surface area contributed by atoms with E-state index >= 15 is 0 Å². The fraction of sp³-hybridized carbons (Fsp3) is 0.500. The molecule has 0 saturated heterocycles. The van der Waals surface area contributed by atoms with Gasteiger partial charge in [0.2, 0.25) is 0 Å². The maximum absolute atomic E-state index is 10.7. The Bertz CT molecular complexity index is 210. The first kappa shape index (κ1) is 11.6. The minimum absolute atomic E-state index is 0.239. The summed E-state index contributed by atoms with van der Waals surface area (Å²) in [6.07, 6.45) is 1.46. The van der Waals surface area contributed by atoms with Gasteiger partial charge in [0, 0.05) is 18.7 Å². The van der Waals surface area contributed by atoms with Crippen molar-refractivity contribution in [1.29, 1.82) is 0 Å². The molecule has 0 N–H and O–H groups in total. The molecule has 0 aliphatic rings. The van der Waals surface area contributed by atoms with Crippen molar-refractivity contribution in [2.24, 2.45) is 0 Å². The molecular formula is C8H12NO4. The van der Waals surface area contributed by atoms with E-state index in [1.807, 2.05) is 19.0 Å². The largest absolute Gasteiger partial charge is 0.461 e. The zero-order valence-corrected chi connectivity index (χ0v) is 7.65. The van der Waals surface area contributed by atoms with Crippen molar-refractivity contribution in [3.8, 4) is 0 Å². The number of carbonyl (C=O) groups excluding carboxylic acids is 2. The topological polar surface area (TPSA) is 66.5 Å². The van der Waals surface area contributed by atoms with Gasteiger partial charge in [0.1, 0.15) is 6.61 Å². The zero-order valence-electron chi connectivity index (χ0n) is 7.65. The number of carbonyl (C=O) groups is 2. The molecule has 0 unspecified atom stereocenters. The minimum Gasteiger partial charge on any atom is -0.461 e. The van der Waals surface area contributed by atoms with Gasteiger partial charge in [-0.2, -0.15) is 0 Å². The molecule has 73 valence electrons. The molecule has 5 nitrogen and oxygen atoms in total. The van der Waals surface area contributed by atoms with E-state index < -0.39 is 11.9 Å². The van der Waals surface area contributed by atoms with Gasteiger partial charge in [-0.1, -0.05) is 0 Å². The first-order valence-electron chi connectivity index (χ1n) is 3.73. The van der Waals surface area contributed by atoms with E-state index in [2.05, 4.69) is 4.74 Å². The zero-order chi connectivity index (χ0) is 10.3. The third kappa shape index (κ3) is 8.55. The van der Waals surface area contributed by atoms with Crippen LogP contribution < -0.4 is 0 Å². The summed E-state index contributed by atoms with van der Waals surface area (Å²) in [5, 5.41) is 9.87. The van der Waals surface area contributed by atoms with Crippen LogP contribution in [0.2, 0.25) is 0 Å². The molecule has 5 heteroatoms. The number of nitrogens with zero attached hydrogens (tertiary/aromatic N) is 1. The third-order valence-corrected chi connectivity index (χ3v) is 1.14. The lowest BCUT2D eigenvalue weighted by molar-refractivity contribution is -0.140. The minimum atomic E-state index is -1.41. The molecule has 0 atom stereocenters. The summed E-state index contributed by atoms with van der Waals surface area (Å²) in [7, 11) is 3.68. The van der Waals surface area contributed by atoms with Crippen LogP contribution in [0.4, 0.5) is 0 Å². The van der Waals surface area contributed by atoms with Crippen LogP contribution in [0.5, 0.6) is 0 Å².